The second-order valence-electron chi connectivity index (χ2n) is 12.8. The lowest BCUT2D eigenvalue weighted by Gasteiger charge is -2.29. The summed E-state index contributed by atoms with van der Waals surface area (Å²) in [4.78, 5) is 52.2. The molecule has 1 atom stereocenters. The number of anilines is 1. The summed E-state index contributed by atoms with van der Waals surface area (Å²) in [6.45, 7) is 14.8. The Morgan fingerprint density at radius 1 is 0.956 bits per heavy atom. The number of phenolic OH excluding ortho intramolecular Hbond substituents is 2. The molecule has 0 saturated heterocycles. The van der Waals surface area contributed by atoms with Gasteiger partial charge in [0, 0.05) is 36.0 Å². The smallest absolute Gasteiger partial charge is 0.224 e. The minimum atomic E-state index is -1.55. The SMILES string of the molecule is CC(=O)c1c(O)c(C)c(O)c2c1OC1=CC(=O)/C(=C(/C)NCCCCCC(=O)Nc3c(C(C)C)cccc3C(C)C)C(=O)C12C. The summed E-state index contributed by atoms with van der Waals surface area (Å²) in [6.07, 6.45) is 3.75. The molecule has 9 nitrogen and oxygen atoms in total. The monoisotopic (exact) mass is 616 g/mol. The van der Waals surface area contributed by atoms with Crippen LogP contribution in [0.2, 0.25) is 0 Å². The summed E-state index contributed by atoms with van der Waals surface area (Å²) in [6, 6.07) is 6.16. The minimum Gasteiger partial charge on any atom is -0.507 e. The van der Waals surface area contributed by atoms with Gasteiger partial charge in [0.05, 0.1) is 11.1 Å². The van der Waals surface area contributed by atoms with Crippen molar-refractivity contribution < 1.29 is 34.1 Å². The molecule has 2 aliphatic rings. The lowest BCUT2D eigenvalue weighted by atomic mass is 9.70. The van der Waals surface area contributed by atoms with Crippen molar-refractivity contribution in [3.63, 3.8) is 0 Å². The van der Waals surface area contributed by atoms with Crippen LogP contribution in [0.25, 0.3) is 0 Å². The van der Waals surface area contributed by atoms with Crippen molar-refractivity contribution >= 4 is 28.9 Å². The summed E-state index contributed by atoms with van der Waals surface area (Å²) in [5, 5.41) is 27.8. The Kier molecular flexibility index (Phi) is 9.61. The van der Waals surface area contributed by atoms with Crippen LogP contribution >= 0.6 is 0 Å². The highest BCUT2D eigenvalue weighted by atomic mass is 16.5. The Hall–Kier alpha value is -4.40. The lowest BCUT2D eigenvalue weighted by molar-refractivity contribution is -0.123. The van der Waals surface area contributed by atoms with E-state index in [1.165, 1.54) is 19.9 Å². The molecule has 0 bridgehead atoms. The van der Waals surface area contributed by atoms with Crippen LogP contribution in [-0.4, -0.2) is 40.0 Å². The molecule has 1 aliphatic heterocycles. The van der Waals surface area contributed by atoms with E-state index in [4.69, 9.17) is 4.74 Å². The molecule has 2 aromatic carbocycles. The number of rotatable bonds is 11. The fourth-order valence-corrected chi connectivity index (χ4v) is 6.21. The second kappa shape index (κ2) is 12.9. The zero-order valence-electron chi connectivity index (χ0n) is 27.4. The number of Topliss-reactive ketones (excluding diaryl/α,β-unsaturated/α-hetero) is 2. The van der Waals surface area contributed by atoms with Crippen LogP contribution in [0.3, 0.4) is 0 Å². The number of carbonyl (C=O) groups excluding carboxylic acids is 4. The highest BCUT2D eigenvalue weighted by Gasteiger charge is 2.56. The fourth-order valence-electron chi connectivity index (χ4n) is 6.21. The molecule has 45 heavy (non-hydrogen) atoms. The number of phenols is 2. The predicted octanol–water partition coefficient (Wildman–Crippen LogP) is 6.60. The molecule has 1 amide bonds. The van der Waals surface area contributed by atoms with Crippen molar-refractivity contribution in [1.29, 1.82) is 0 Å². The van der Waals surface area contributed by atoms with Crippen LogP contribution in [0.1, 0.15) is 119 Å². The van der Waals surface area contributed by atoms with Crippen LogP contribution in [0.5, 0.6) is 17.2 Å². The quantitative estimate of drug-likeness (QED) is 0.0957. The molecule has 240 valence electrons. The first kappa shape index (κ1) is 33.5. The van der Waals surface area contributed by atoms with Gasteiger partial charge in [0.25, 0.3) is 0 Å². The molecule has 4 N–H and O–H groups in total. The largest absolute Gasteiger partial charge is 0.507 e. The van der Waals surface area contributed by atoms with Crippen molar-refractivity contribution in [2.24, 2.45) is 0 Å². The molecule has 1 heterocycles. The van der Waals surface area contributed by atoms with Crippen molar-refractivity contribution in [2.45, 2.75) is 98.3 Å². The summed E-state index contributed by atoms with van der Waals surface area (Å²) in [5.41, 5.74) is 1.91. The molecule has 1 unspecified atom stereocenters. The molecule has 0 fully saturated rings. The van der Waals surface area contributed by atoms with Gasteiger partial charge in [-0.1, -0.05) is 52.3 Å². The van der Waals surface area contributed by atoms with Gasteiger partial charge in [0.1, 0.15) is 34.0 Å². The van der Waals surface area contributed by atoms with Gasteiger partial charge in [-0.3, -0.25) is 19.2 Å². The number of unbranched alkanes of at least 4 members (excludes halogenated alkanes) is 2. The second-order valence-corrected chi connectivity index (χ2v) is 12.8. The first-order chi connectivity index (χ1) is 21.1. The summed E-state index contributed by atoms with van der Waals surface area (Å²) in [5.74, 6) is -1.96. The number of ketones is 3. The van der Waals surface area contributed by atoms with Gasteiger partial charge in [-0.05, 0) is 63.5 Å². The Morgan fingerprint density at radius 3 is 2.16 bits per heavy atom. The number of fused-ring (bicyclic) bond motifs is 3. The number of para-hydroxylation sites is 1. The summed E-state index contributed by atoms with van der Waals surface area (Å²) in [7, 11) is 0. The van der Waals surface area contributed by atoms with Gasteiger partial charge in [-0.2, -0.15) is 0 Å². The predicted molar refractivity (Wildman–Crippen MR) is 173 cm³/mol. The van der Waals surface area contributed by atoms with Gasteiger partial charge in [-0.25, -0.2) is 0 Å². The Morgan fingerprint density at radius 2 is 1.58 bits per heavy atom. The van der Waals surface area contributed by atoms with Gasteiger partial charge < -0.3 is 25.6 Å². The maximum atomic E-state index is 13.9. The van der Waals surface area contributed by atoms with Crippen LogP contribution in [0.4, 0.5) is 5.69 Å². The van der Waals surface area contributed by atoms with E-state index in [9.17, 15) is 29.4 Å². The van der Waals surface area contributed by atoms with E-state index in [-0.39, 0.29) is 57.3 Å². The van der Waals surface area contributed by atoms with E-state index < -0.39 is 28.5 Å². The summed E-state index contributed by atoms with van der Waals surface area (Å²) >= 11 is 0. The van der Waals surface area contributed by atoms with E-state index in [0.29, 0.717) is 31.5 Å². The van der Waals surface area contributed by atoms with Crippen LogP contribution in [0, 0.1) is 6.92 Å². The van der Waals surface area contributed by atoms with E-state index in [1.807, 2.05) is 6.07 Å². The van der Waals surface area contributed by atoms with Crippen LogP contribution < -0.4 is 15.4 Å². The molecular weight excluding hydrogens is 572 g/mol. The lowest BCUT2D eigenvalue weighted by Crippen LogP contribution is -2.41. The molecular formula is C36H44N2O7. The molecule has 0 spiro atoms. The zero-order chi connectivity index (χ0) is 33.4. The third-order valence-corrected chi connectivity index (χ3v) is 8.87. The van der Waals surface area contributed by atoms with Gasteiger partial charge >= 0.3 is 0 Å². The zero-order valence-corrected chi connectivity index (χ0v) is 27.4. The topological polar surface area (TPSA) is 142 Å². The maximum Gasteiger partial charge on any atom is 0.224 e. The molecule has 0 aromatic heterocycles. The molecule has 0 saturated carbocycles. The number of amides is 1. The van der Waals surface area contributed by atoms with Gasteiger partial charge in [0.15, 0.2) is 17.3 Å². The fraction of sp³-hybridized carbons (Fsp3) is 0.444. The molecule has 1 aliphatic carbocycles. The number of benzene rings is 2. The third-order valence-electron chi connectivity index (χ3n) is 8.87. The first-order valence-corrected chi connectivity index (χ1v) is 15.6. The Balaban J connectivity index is 1.41. The first-order valence-electron chi connectivity index (χ1n) is 15.6. The average molecular weight is 617 g/mol. The number of allylic oxidation sites excluding steroid dienone is 4. The van der Waals surface area contributed by atoms with Crippen molar-refractivity contribution in [3.05, 3.63) is 69.1 Å². The minimum absolute atomic E-state index is 0.00154. The van der Waals surface area contributed by atoms with Crippen LogP contribution in [-0.2, 0) is 19.8 Å². The standard InChI is InChI=1S/C36H44N2O7/c1-18(2)23-13-12-14-24(19(3)4)31(23)38-27(41)15-10-9-11-16-37-21(6)28-25(40)17-26-36(8,35(28)44)30-33(43)20(5)32(42)29(22(7)39)34(30)45-26/h12-14,17-19,37,42-43H,9-11,15-16H2,1-8H3,(H,38,41)/b28-21+. The molecule has 4 rings (SSSR count). The highest BCUT2D eigenvalue weighted by molar-refractivity contribution is 6.31. The number of aromatic hydroxyl groups is 2. The van der Waals surface area contributed by atoms with Gasteiger partial charge in [-0.15, -0.1) is 0 Å². The number of ether oxygens (including phenoxy) is 1. The molecule has 0 radical (unpaired) electrons. The number of hydrogen-bond acceptors (Lipinski definition) is 8. The van der Waals surface area contributed by atoms with Crippen molar-refractivity contribution in [1.82, 2.24) is 5.32 Å². The normalized spacial score (nSPS) is 18.4. The Bertz CT molecular complexity index is 1620. The third kappa shape index (κ3) is 6.00. The molecule has 9 heteroatoms. The number of hydrogen-bond donors (Lipinski definition) is 4. The van der Waals surface area contributed by atoms with Crippen molar-refractivity contribution in [3.8, 4) is 17.2 Å². The maximum absolute atomic E-state index is 13.9. The van der Waals surface area contributed by atoms with Gasteiger partial charge in [0.2, 0.25) is 5.91 Å². The number of nitrogens with one attached hydrogen (secondary N) is 2. The highest BCUT2D eigenvalue weighted by Crippen LogP contribution is 2.57. The average Bonchev–Trinajstić information content (AvgIpc) is 3.25. The summed E-state index contributed by atoms with van der Waals surface area (Å²) < 4.78 is 5.81. The van der Waals surface area contributed by atoms with E-state index >= 15 is 0 Å². The van der Waals surface area contributed by atoms with E-state index in [1.54, 1.807) is 13.8 Å². The van der Waals surface area contributed by atoms with Crippen LogP contribution in [0.15, 0.2) is 41.3 Å². The Labute approximate surface area is 264 Å². The van der Waals surface area contributed by atoms with E-state index in [0.717, 1.165) is 23.2 Å². The molecule has 2 aromatic rings. The van der Waals surface area contributed by atoms with Crippen molar-refractivity contribution in [2.75, 3.05) is 11.9 Å². The number of carbonyl (C=O) groups is 4. The van der Waals surface area contributed by atoms with E-state index in [2.05, 4.69) is 50.5 Å².